The minimum absolute atomic E-state index is 0.174. The Morgan fingerprint density at radius 3 is 2.75 bits per heavy atom. The SMILES string of the molecule is CNC(C)(C)c1ncc(-c2ccc3nc(C)[nH]c3c2)[nH]1. The first-order valence-electron chi connectivity index (χ1n) is 6.71. The van der Waals surface area contributed by atoms with Gasteiger partial charge in [0.25, 0.3) is 0 Å². The van der Waals surface area contributed by atoms with Crippen LogP contribution in [0.5, 0.6) is 0 Å². The van der Waals surface area contributed by atoms with Crippen LogP contribution in [0.1, 0.15) is 25.5 Å². The Labute approximate surface area is 117 Å². The fourth-order valence-corrected chi connectivity index (χ4v) is 2.21. The summed E-state index contributed by atoms with van der Waals surface area (Å²) in [5.74, 6) is 1.86. The molecule has 0 radical (unpaired) electrons. The number of benzene rings is 1. The zero-order valence-corrected chi connectivity index (χ0v) is 12.2. The van der Waals surface area contributed by atoms with Gasteiger partial charge in [-0.25, -0.2) is 9.97 Å². The van der Waals surface area contributed by atoms with Crippen molar-refractivity contribution in [3.05, 3.63) is 36.0 Å². The van der Waals surface area contributed by atoms with Gasteiger partial charge in [-0.15, -0.1) is 0 Å². The maximum atomic E-state index is 4.48. The van der Waals surface area contributed by atoms with E-state index in [1.54, 1.807) is 0 Å². The van der Waals surface area contributed by atoms with E-state index in [4.69, 9.17) is 0 Å². The van der Waals surface area contributed by atoms with Crippen molar-refractivity contribution >= 4 is 11.0 Å². The molecule has 5 heteroatoms. The molecule has 3 aromatic rings. The van der Waals surface area contributed by atoms with Crippen LogP contribution in [0.3, 0.4) is 0 Å². The Bertz CT molecular complexity index is 751. The van der Waals surface area contributed by atoms with Crippen molar-refractivity contribution in [2.45, 2.75) is 26.3 Å². The molecular weight excluding hydrogens is 250 g/mol. The molecule has 0 spiro atoms. The summed E-state index contributed by atoms with van der Waals surface area (Å²) in [7, 11) is 1.93. The Balaban J connectivity index is 2.02. The van der Waals surface area contributed by atoms with E-state index in [0.29, 0.717) is 0 Å². The van der Waals surface area contributed by atoms with Crippen LogP contribution in [-0.2, 0) is 5.54 Å². The summed E-state index contributed by atoms with van der Waals surface area (Å²) >= 11 is 0. The van der Waals surface area contributed by atoms with Crippen molar-refractivity contribution in [1.29, 1.82) is 0 Å². The van der Waals surface area contributed by atoms with Gasteiger partial charge >= 0.3 is 0 Å². The zero-order valence-electron chi connectivity index (χ0n) is 12.2. The molecule has 0 fully saturated rings. The summed E-state index contributed by atoms with van der Waals surface area (Å²) in [6, 6.07) is 6.18. The molecule has 0 atom stereocenters. The van der Waals surface area contributed by atoms with Gasteiger partial charge in [0, 0.05) is 5.56 Å². The lowest BCUT2D eigenvalue weighted by molar-refractivity contribution is 0.421. The van der Waals surface area contributed by atoms with Crippen molar-refractivity contribution in [2.24, 2.45) is 0 Å². The lowest BCUT2D eigenvalue weighted by Gasteiger charge is -2.20. The molecule has 3 rings (SSSR count). The van der Waals surface area contributed by atoms with Gasteiger partial charge in [-0.05, 0) is 40.0 Å². The number of nitrogens with zero attached hydrogens (tertiary/aromatic N) is 2. The normalized spacial score (nSPS) is 12.2. The zero-order chi connectivity index (χ0) is 14.3. The van der Waals surface area contributed by atoms with Gasteiger partial charge in [-0.1, -0.05) is 6.07 Å². The number of nitrogens with one attached hydrogen (secondary N) is 3. The average Bonchev–Trinajstić information content (AvgIpc) is 3.02. The molecule has 0 aliphatic rings. The number of hydrogen-bond acceptors (Lipinski definition) is 3. The maximum Gasteiger partial charge on any atom is 0.126 e. The average molecular weight is 269 g/mol. The van der Waals surface area contributed by atoms with Crippen molar-refractivity contribution in [1.82, 2.24) is 25.3 Å². The molecule has 3 N–H and O–H groups in total. The third-order valence-corrected chi connectivity index (χ3v) is 3.70. The van der Waals surface area contributed by atoms with Gasteiger partial charge in [0.05, 0.1) is 28.5 Å². The second-order valence-corrected chi connectivity index (χ2v) is 5.57. The van der Waals surface area contributed by atoms with Gasteiger partial charge < -0.3 is 15.3 Å². The second kappa shape index (κ2) is 4.45. The molecule has 0 aliphatic heterocycles. The summed E-state index contributed by atoms with van der Waals surface area (Å²) in [4.78, 5) is 15.5. The predicted molar refractivity (Wildman–Crippen MR) is 80.5 cm³/mol. The lowest BCUT2D eigenvalue weighted by Crippen LogP contribution is -2.34. The monoisotopic (exact) mass is 269 g/mol. The largest absolute Gasteiger partial charge is 0.342 e. The number of aryl methyl sites for hydroxylation is 1. The summed E-state index contributed by atoms with van der Waals surface area (Å²) in [5.41, 5.74) is 3.97. The predicted octanol–water partition coefficient (Wildman–Crippen LogP) is 2.72. The number of H-pyrrole nitrogens is 2. The van der Waals surface area contributed by atoms with Crippen LogP contribution in [-0.4, -0.2) is 27.0 Å². The van der Waals surface area contributed by atoms with Crippen LogP contribution in [0.25, 0.3) is 22.3 Å². The van der Waals surface area contributed by atoms with Crippen LogP contribution in [0, 0.1) is 6.92 Å². The van der Waals surface area contributed by atoms with E-state index < -0.39 is 0 Å². The fraction of sp³-hybridized carbons (Fsp3) is 0.333. The number of aromatic nitrogens is 4. The molecule has 0 saturated carbocycles. The molecule has 0 saturated heterocycles. The molecule has 104 valence electrons. The molecule has 2 aromatic heterocycles. The molecule has 5 nitrogen and oxygen atoms in total. The topological polar surface area (TPSA) is 69.4 Å². The number of hydrogen-bond donors (Lipinski definition) is 3. The number of imidazole rings is 2. The van der Waals surface area contributed by atoms with Crippen molar-refractivity contribution in [3.63, 3.8) is 0 Å². The number of fused-ring (bicyclic) bond motifs is 1. The first-order chi connectivity index (χ1) is 9.49. The van der Waals surface area contributed by atoms with E-state index in [-0.39, 0.29) is 5.54 Å². The molecule has 20 heavy (non-hydrogen) atoms. The molecule has 0 bridgehead atoms. The van der Waals surface area contributed by atoms with E-state index >= 15 is 0 Å². The fourth-order valence-electron chi connectivity index (χ4n) is 2.21. The molecule has 0 amide bonds. The van der Waals surface area contributed by atoms with Gasteiger partial charge in [-0.2, -0.15) is 0 Å². The summed E-state index contributed by atoms with van der Waals surface area (Å²) in [5, 5.41) is 3.25. The highest BCUT2D eigenvalue weighted by atomic mass is 15.0. The highest BCUT2D eigenvalue weighted by Crippen LogP contribution is 2.24. The van der Waals surface area contributed by atoms with Crippen LogP contribution < -0.4 is 5.32 Å². The number of aromatic amines is 2. The number of rotatable bonds is 3. The van der Waals surface area contributed by atoms with E-state index in [1.165, 1.54) is 0 Å². The van der Waals surface area contributed by atoms with Gasteiger partial charge in [0.1, 0.15) is 11.6 Å². The van der Waals surface area contributed by atoms with E-state index in [2.05, 4.69) is 51.2 Å². The highest BCUT2D eigenvalue weighted by molar-refractivity contribution is 5.81. The van der Waals surface area contributed by atoms with Crippen molar-refractivity contribution in [2.75, 3.05) is 7.05 Å². The van der Waals surface area contributed by atoms with Crippen LogP contribution >= 0.6 is 0 Å². The van der Waals surface area contributed by atoms with Gasteiger partial charge in [0.2, 0.25) is 0 Å². The lowest BCUT2D eigenvalue weighted by atomic mass is 10.1. The minimum atomic E-state index is -0.174. The minimum Gasteiger partial charge on any atom is -0.342 e. The summed E-state index contributed by atoms with van der Waals surface area (Å²) in [6.45, 7) is 6.15. The van der Waals surface area contributed by atoms with E-state index in [1.807, 2.05) is 26.2 Å². The highest BCUT2D eigenvalue weighted by Gasteiger charge is 2.21. The molecule has 0 unspecified atom stereocenters. The Morgan fingerprint density at radius 2 is 2.00 bits per heavy atom. The maximum absolute atomic E-state index is 4.48. The Hall–Kier alpha value is -2.14. The first kappa shape index (κ1) is 12.9. The van der Waals surface area contributed by atoms with Crippen LogP contribution in [0.4, 0.5) is 0 Å². The quantitative estimate of drug-likeness (QED) is 0.684. The molecular formula is C15H19N5. The molecule has 0 aliphatic carbocycles. The Kier molecular flexibility index (Phi) is 2.87. The Morgan fingerprint density at radius 1 is 1.20 bits per heavy atom. The van der Waals surface area contributed by atoms with Crippen LogP contribution in [0.15, 0.2) is 24.4 Å². The standard InChI is InChI=1S/C15H19N5/c1-9-18-11-6-5-10(7-12(11)19-9)13-8-17-14(20-13)15(2,3)16-4/h5-8,16H,1-4H3,(H,17,20)(H,18,19). The van der Waals surface area contributed by atoms with E-state index in [9.17, 15) is 0 Å². The summed E-state index contributed by atoms with van der Waals surface area (Å²) in [6.07, 6.45) is 1.87. The van der Waals surface area contributed by atoms with Gasteiger partial charge in [-0.3, -0.25) is 0 Å². The van der Waals surface area contributed by atoms with Crippen LogP contribution in [0.2, 0.25) is 0 Å². The second-order valence-electron chi connectivity index (χ2n) is 5.57. The smallest absolute Gasteiger partial charge is 0.126 e. The third kappa shape index (κ3) is 2.10. The molecule has 1 aromatic carbocycles. The van der Waals surface area contributed by atoms with Crippen molar-refractivity contribution in [3.8, 4) is 11.3 Å². The van der Waals surface area contributed by atoms with Gasteiger partial charge in [0.15, 0.2) is 0 Å². The molecule has 2 heterocycles. The third-order valence-electron chi connectivity index (χ3n) is 3.70. The van der Waals surface area contributed by atoms with Crippen molar-refractivity contribution < 1.29 is 0 Å². The summed E-state index contributed by atoms with van der Waals surface area (Å²) < 4.78 is 0. The first-order valence-corrected chi connectivity index (χ1v) is 6.71. The van der Waals surface area contributed by atoms with E-state index in [0.717, 1.165) is 33.9 Å².